The summed E-state index contributed by atoms with van der Waals surface area (Å²) in [5.41, 5.74) is 6.02. The summed E-state index contributed by atoms with van der Waals surface area (Å²) < 4.78 is 25.9. The average molecular weight is 283 g/mol. The molecule has 0 bridgehead atoms. The summed E-state index contributed by atoms with van der Waals surface area (Å²) in [6, 6.07) is 6.96. The Morgan fingerprint density at radius 3 is 2.42 bits per heavy atom. The fourth-order valence-corrected chi connectivity index (χ4v) is 1.75. The molecule has 98 valence electrons. The van der Waals surface area contributed by atoms with Crippen LogP contribution in [0.15, 0.2) is 36.4 Å². The number of nitrogens with one attached hydrogen (secondary N) is 1. The van der Waals surface area contributed by atoms with E-state index < -0.39 is 17.5 Å². The van der Waals surface area contributed by atoms with Gasteiger partial charge in [-0.1, -0.05) is 11.6 Å². The number of nitrogen functional groups attached to an aromatic ring is 1. The van der Waals surface area contributed by atoms with Crippen LogP contribution >= 0.6 is 11.6 Å². The van der Waals surface area contributed by atoms with E-state index in [1.54, 1.807) is 0 Å². The van der Waals surface area contributed by atoms with Crippen molar-refractivity contribution in [1.82, 2.24) is 0 Å². The molecule has 0 radical (unpaired) electrons. The SMILES string of the molecule is Nc1ccc(F)cc1NC(=O)c1ccc(F)cc1Cl. The van der Waals surface area contributed by atoms with E-state index >= 15 is 0 Å². The number of carbonyl (C=O) groups excluding carboxylic acids is 1. The van der Waals surface area contributed by atoms with E-state index in [0.717, 1.165) is 18.2 Å². The molecule has 0 saturated carbocycles. The van der Waals surface area contributed by atoms with E-state index in [9.17, 15) is 13.6 Å². The third-order valence-corrected chi connectivity index (χ3v) is 2.75. The molecule has 3 nitrogen and oxygen atoms in total. The zero-order valence-corrected chi connectivity index (χ0v) is 10.3. The molecule has 2 aromatic carbocycles. The van der Waals surface area contributed by atoms with Crippen LogP contribution < -0.4 is 11.1 Å². The van der Waals surface area contributed by atoms with Crippen LogP contribution in [-0.4, -0.2) is 5.91 Å². The Balaban J connectivity index is 2.28. The van der Waals surface area contributed by atoms with Crippen molar-refractivity contribution < 1.29 is 13.6 Å². The molecule has 2 aromatic rings. The molecule has 0 spiro atoms. The minimum Gasteiger partial charge on any atom is -0.397 e. The molecule has 0 fully saturated rings. The fraction of sp³-hybridized carbons (Fsp3) is 0. The molecule has 19 heavy (non-hydrogen) atoms. The van der Waals surface area contributed by atoms with Crippen LogP contribution in [0.25, 0.3) is 0 Å². The highest BCUT2D eigenvalue weighted by Gasteiger charge is 2.13. The number of nitrogens with two attached hydrogens (primary N) is 1. The quantitative estimate of drug-likeness (QED) is 0.829. The second-order valence-corrected chi connectivity index (χ2v) is 4.22. The van der Waals surface area contributed by atoms with Gasteiger partial charge in [-0.3, -0.25) is 4.79 Å². The van der Waals surface area contributed by atoms with Gasteiger partial charge < -0.3 is 11.1 Å². The lowest BCUT2D eigenvalue weighted by Crippen LogP contribution is -2.14. The molecular formula is C13H9ClF2N2O. The summed E-state index contributed by atoms with van der Waals surface area (Å²) in [4.78, 5) is 11.9. The average Bonchev–Trinajstić information content (AvgIpc) is 2.33. The van der Waals surface area contributed by atoms with Gasteiger partial charge in [0, 0.05) is 0 Å². The topological polar surface area (TPSA) is 55.1 Å². The Labute approximate surface area is 113 Å². The number of hydrogen-bond donors (Lipinski definition) is 2. The maximum atomic E-state index is 13.0. The second kappa shape index (κ2) is 5.24. The minimum absolute atomic E-state index is 0.0347. The molecule has 0 aliphatic carbocycles. The van der Waals surface area contributed by atoms with Crippen molar-refractivity contribution in [2.24, 2.45) is 0 Å². The summed E-state index contributed by atoms with van der Waals surface area (Å²) in [5.74, 6) is -1.68. The number of halogens is 3. The predicted octanol–water partition coefficient (Wildman–Crippen LogP) is 3.45. The molecule has 0 aromatic heterocycles. The molecule has 3 N–H and O–H groups in total. The summed E-state index contributed by atoms with van der Waals surface area (Å²) in [6.45, 7) is 0. The predicted molar refractivity (Wildman–Crippen MR) is 70.2 cm³/mol. The molecule has 0 aliphatic rings. The lowest BCUT2D eigenvalue weighted by Gasteiger charge is -2.09. The first-order valence-corrected chi connectivity index (χ1v) is 5.66. The van der Waals surface area contributed by atoms with Crippen LogP contribution in [0.3, 0.4) is 0 Å². The fourth-order valence-electron chi connectivity index (χ4n) is 1.50. The molecule has 0 atom stereocenters. The van der Waals surface area contributed by atoms with Gasteiger partial charge in [-0.25, -0.2) is 8.78 Å². The number of rotatable bonds is 2. The van der Waals surface area contributed by atoms with Crippen LogP contribution in [-0.2, 0) is 0 Å². The van der Waals surface area contributed by atoms with Gasteiger partial charge in [-0.05, 0) is 36.4 Å². The first kappa shape index (κ1) is 13.3. The lowest BCUT2D eigenvalue weighted by atomic mass is 10.2. The van der Waals surface area contributed by atoms with Crippen molar-refractivity contribution in [2.45, 2.75) is 0 Å². The maximum absolute atomic E-state index is 13.0. The van der Waals surface area contributed by atoms with Gasteiger partial charge in [0.15, 0.2) is 0 Å². The number of benzene rings is 2. The molecule has 1 amide bonds. The van der Waals surface area contributed by atoms with Gasteiger partial charge in [-0.15, -0.1) is 0 Å². The van der Waals surface area contributed by atoms with Gasteiger partial charge in [-0.2, -0.15) is 0 Å². The molecule has 0 heterocycles. The van der Waals surface area contributed by atoms with Crippen molar-refractivity contribution >= 4 is 28.9 Å². The van der Waals surface area contributed by atoms with Crippen LogP contribution in [0.2, 0.25) is 5.02 Å². The van der Waals surface area contributed by atoms with Crippen molar-refractivity contribution in [2.75, 3.05) is 11.1 Å². The third-order valence-electron chi connectivity index (χ3n) is 2.44. The van der Waals surface area contributed by atoms with Gasteiger partial charge in [0.25, 0.3) is 5.91 Å². The Kier molecular flexibility index (Phi) is 3.66. The molecular weight excluding hydrogens is 274 g/mol. The summed E-state index contributed by atoms with van der Waals surface area (Å²) >= 11 is 5.76. The van der Waals surface area contributed by atoms with Crippen molar-refractivity contribution in [1.29, 1.82) is 0 Å². The van der Waals surface area contributed by atoms with E-state index in [2.05, 4.69) is 5.32 Å². The van der Waals surface area contributed by atoms with E-state index in [0.29, 0.717) is 0 Å². The van der Waals surface area contributed by atoms with Crippen LogP contribution in [0.1, 0.15) is 10.4 Å². The third kappa shape index (κ3) is 3.00. The lowest BCUT2D eigenvalue weighted by molar-refractivity contribution is 0.102. The smallest absolute Gasteiger partial charge is 0.257 e. The standard InChI is InChI=1S/C13H9ClF2N2O/c14-10-5-7(15)1-3-9(10)13(19)18-12-6-8(16)2-4-11(12)17/h1-6H,17H2,(H,18,19). The van der Waals surface area contributed by atoms with Crippen molar-refractivity contribution in [3.63, 3.8) is 0 Å². The van der Waals surface area contributed by atoms with Crippen molar-refractivity contribution in [3.8, 4) is 0 Å². The molecule has 0 unspecified atom stereocenters. The van der Waals surface area contributed by atoms with E-state index in [-0.39, 0.29) is 22.0 Å². The maximum Gasteiger partial charge on any atom is 0.257 e. The van der Waals surface area contributed by atoms with E-state index in [4.69, 9.17) is 17.3 Å². The van der Waals surface area contributed by atoms with Gasteiger partial charge >= 0.3 is 0 Å². The Bertz CT molecular complexity index is 647. The molecule has 0 aliphatic heterocycles. The van der Waals surface area contributed by atoms with Crippen LogP contribution in [0.5, 0.6) is 0 Å². The Hall–Kier alpha value is -2.14. The summed E-state index contributed by atoms with van der Waals surface area (Å²) in [7, 11) is 0. The van der Waals surface area contributed by atoms with Crippen LogP contribution in [0, 0.1) is 11.6 Å². The normalized spacial score (nSPS) is 10.3. The number of hydrogen-bond acceptors (Lipinski definition) is 2. The van der Waals surface area contributed by atoms with Gasteiger partial charge in [0.1, 0.15) is 11.6 Å². The monoisotopic (exact) mass is 282 g/mol. The molecule has 2 rings (SSSR count). The van der Waals surface area contributed by atoms with Crippen LogP contribution in [0.4, 0.5) is 20.2 Å². The number of anilines is 2. The van der Waals surface area contributed by atoms with Crippen molar-refractivity contribution in [3.05, 3.63) is 58.6 Å². The molecule has 0 saturated heterocycles. The highest BCUT2D eigenvalue weighted by atomic mass is 35.5. The zero-order chi connectivity index (χ0) is 14.0. The minimum atomic E-state index is -0.595. The Morgan fingerprint density at radius 2 is 1.74 bits per heavy atom. The highest BCUT2D eigenvalue weighted by molar-refractivity contribution is 6.34. The largest absolute Gasteiger partial charge is 0.397 e. The second-order valence-electron chi connectivity index (χ2n) is 3.81. The summed E-state index contributed by atoms with van der Waals surface area (Å²) in [5, 5.41) is 2.38. The number of amides is 1. The Morgan fingerprint density at radius 1 is 1.11 bits per heavy atom. The van der Waals surface area contributed by atoms with Gasteiger partial charge in [0.05, 0.1) is 22.0 Å². The number of carbonyl (C=O) groups is 1. The summed E-state index contributed by atoms with van der Waals surface area (Å²) in [6.07, 6.45) is 0. The first-order chi connectivity index (χ1) is 8.97. The molecule has 6 heteroatoms. The van der Waals surface area contributed by atoms with Gasteiger partial charge in [0.2, 0.25) is 0 Å². The van der Waals surface area contributed by atoms with E-state index in [1.165, 1.54) is 18.2 Å². The first-order valence-electron chi connectivity index (χ1n) is 5.29. The zero-order valence-electron chi connectivity index (χ0n) is 9.58. The van der Waals surface area contributed by atoms with E-state index in [1.807, 2.05) is 0 Å². The highest BCUT2D eigenvalue weighted by Crippen LogP contribution is 2.22.